The van der Waals surface area contributed by atoms with Crippen molar-refractivity contribution in [3.63, 3.8) is 0 Å². The maximum Gasteiger partial charge on any atom is 0.223 e. The molecule has 28 heavy (non-hydrogen) atoms. The van der Waals surface area contributed by atoms with Crippen LogP contribution in [-0.2, 0) is 17.6 Å². The highest BCUT2D eigenvalue weighted by Crippen LogP contribution is 2.24. The Morgan fingerprint density at radius 3 is 2.43 bits per heavy atom. The molecule has 0 unspecified atom stereocenters. The molecule has 0 spiro atoms. The van der Waals surface area contributed by atoms with E-state index in [9.17, 15) is 14.0 Å². The van der Waals surface area contributed by atoms with Crippen LogP contribution in [0.2, 0.25) is 0 Å². The number of benzene rings is 2. The first-order valence-corrected chi connectivity index (χ1v) is 10.0. The highest BCUT2D eigenvalue weighted by atomic mass is 19.1. The first kappa shape index (κ1) is 18.7. The number of hydrogen-bond acceptors (Lipinski definition) is 3. The number of nitrogens with zero attached hydrogens (tertiary/aromatic N) is 2. The van der Waals surface area contributed by atoms with Crippen molar-refractivity contribution in [1.82, 2.24) is 4.90 Å². The van der Waals surface area contributed by atoms with E-state index in [0.29, 0.717) is 31.9 Å². The van der Waals surface area contributed by atoms with Gasteiger partial charge < -0.3 is 9.80 Å². The van der Waals surface area contributed by atoms with Crippen LogP contribution in [0.15, 0.2) is 42.5 Å². The first-order chi connectivity index (χ1) is 13.6. The van der Waals surface area contributed by atoms with Crippen LogP contribution in [0.25, 0.3) is 0 Å². The van der Waals surface area contributed by atoms with Crippen LogP contribution < -0.4 is 4.90 Å². The molecule has 1 aliphatic carbocycles. The van der Waals surface area contributed by atoms with Crippen LogP contribution in [0.3, 0.4) is 0 Å². The SMILES string of the molecule is O=C(CCC(=O)N1CCN(c2ccccc2F)CC1)c1ccc2c(c1)CCC2. The summed E-state index contributed by atoms with van der Waals surface area (Å²) in [5.74, 6) is -0.196. The number of rotatable bonds is 5. The number of para-hydroxylation sites is 1. The van der Waals surface area contributed by atoms with Crippen molar-refractivity contribution >= 4 is 17.4 Å². The van der Waals surface area contributed by atoms with Gasteiger partial charge >= 0.3 is 0 Å². The quantitative estimate of drug-likeness (QED) is 0.744. The van der Waals surface area contributed by atoms with Gasteiger partial charge in [0.05, 0.1) is 5.69 Å². The molecule has 2 aromatic rings. The molecule has 1 saturated heterocycles. The Hall–Kier alpha value is -2.69. The second-order valence-electron chi connectivity index (χ2n) is 7.58. The molecule has 2 aliphatic rings. The summed E-state index contributed by atoms with van der Waals surface area (Å²) in [5, 5.41) is 0. The lowest BCUT2D eigenvalue weighted by molar-refractivity contribution is -0.131. The Bertz CT molecular complexity index is 888. The lowest BCUT2D eigenvalue weighted by atomic mass is 10.0. The monoisotopic (exact) mass is 380 g/mol. The molecule has 0 radical (unpaired) electrons. The average molecular weight is 380 g/mol. The van der Waals surface area contributed by atoms with Gasteiger partial charge in [0.15, 0.2) is 5.78 Å². The fourth-order valence-electron chi connectivity index (χ4n) is 4.17. The van der Waals surface area contributed by atoms with E-state index < -0.39 is 0 Å². The first-order valence-electron chi connectivity index (χ1n) is 10.0. The van der Waals surface area contributed by atoms with E-state index in [1.165, 1.54) is 17.2 Å². The Morgan fingerprint density at radius 2 is 1.64 bits per heavy atom. The molecule has 4 nitrogen and oxygen atoms in total. The predicted molar refractivity (Wildman–Crippen MR) is 107 cm³/mol. The van der Waals surface area contributed by atoms with Crippen LogP contribution in [0, 0.1) is 5.82 Å². The van der Waals surface area contributed by atoms with Crippen molar-refractivity contribution in [2.45, 2.75) is 32.1 Å². The second-order valence-corrected chi connectivity index (χ2v) is 7.58. The zero-order chi connectivity index (χ0) is 19.5. The Kier molecular flexibility index (Phi) is 5.42. The van der Waals surface area contributed by atoms with Gasteiger partial charge in [-0.2, -0.15) is 0 Å². The van der Waals surface area contributed by atoms with Crippen molar-refractivity contribution in [1.29, 1.82) is 0 Å². The molecule has 146 valence electrons. The molecule has 0 bridgehead atoms. The predicted octanol–water partition coefficient (Wildman–Crippen LogP) is 3.63. The maximum atomic E-state index is 13.9. The van der Waals surface area contributed by atoms with Crippen molar-refractivity contribution in [2.75, 3.05) is 31.1 Å². The summed E-state index contributed by atoms with van der Waals surface area (Å²) in [6.45, 7) is 2.32. The smallest absolute Gasteiger partial charge is 0.223 e. The number of Topliss-reactive ketones (excluding diaryl/α,β-unsaturated/α-hetero) is 1. The topological polar surface area (TPSA) is 40.6 Å². The molecule has 5 heteroatoms. The molecule has 1 fully saturated rings. The molecular weight excluding hydrogens is 355 g/mol. The summed E-state index contributed by atoms with van der Waals surface area (Å²) in [6.07, 6.45) is 3.77. The highest BCUT2D eigenvalue weighted by molar-refractivity contribution is 5.98. The molecule has 4 rings (SSSR count). The number of halogens is 1. The van der Waals surface area contributed by atoms with E-state index in [4.69, 9.17) is 0 Å². The van der Waals surface area contributed by atoms with Crippen LogP contribution in [0.4, 0.5) is 10.1 Å². The van der Waals surface area contributed by atoms with Gasteiger partial charge in [-0.3, -0.25) is 9.59 Å². The van der Waals surface area contributed by atoms with E-state index in [1.54, 1.807) is 17.0 Å². The summed E-state index contributed by atoms with van der Waals surface area (Å²) < 4.78 is 13.9. The van der Waals surface area contributed by atoms with Gasteiger partial charge in [0, 0.05) is 44.6 Å². The minimum atomic E-state index is -0.234. The van der Waals surface area contributed by atoms with Crippen LogP contribution in [0.1, 0.15) is 40.7 Å². The number of amides is 1. The molecule has 2 aromatic carbocycles. The molecule has 0 saturated carbocycles. The molecule has 1 amide bonds. The van der Waals surface area contributed by atoms with Crippen molar-refractivity contribution in [2.24, 2.45) is 0 Å². The fourth-order valence-corrected chi connectivity index (χ4v) is 4.17. The summed E-state index contributed by atoms with van der Waals surface area (Å²) in [4.78, 5) is 28.8. The van der Waals surface area contributed by atoms with Gasteiger partial charge in [0.2, 0.25) is 5.91 Å². The van der Waals surface area contributed by atoms with E-state index in [0.717, 1.165) is 24.8 Å². The van der Waals surface area contributed by atoms with Gasteiger partial charge in [-0.1, -0.05) is 24.3 Å². The third-order valence-corrected chi connectivity index (χ3v) is 5.81. The van der Waals surface area contributed by atoms with Crippen molar-refractivity contribution in [3.05, 3.63) is 65.0 Å². The zero-order valence-corrected chi connectivity index (χ0v) is 16.0. The fraction of sp³-hybridized carbons (Fsp3) is 0.391. The van der Waals surface area contributed by atoms with Crippen molar-refractivity contribution in [3.8, 4) is 0 Å². The van der Waals surface area contributed by atoms with Gasteiger partial charge in [-0.05, 0) is 48.6 Å². The van der Waals surface area contributed by atoms with Crippen LogP contribution in [0.5, 0.6) is 0 Å². The second kappa shape index (κ2) is 8.13. The maximum absolute atomic E-state index is 13.9. The third-order valence-electron chi connectivity index (χ3n) is 5.81. The Balaban J connectivity index is 1.28. The highest BCUT2D eigenvalue weighted by Gasteiger charge is 2.23. The molecule has 0 atom stereocenters. The van der Waals surface area contributed by atoms with Gasteiger partial charge in [0.25, 0.3) is 0 Å². The Morgan fingerprint density at radius 1 is 0.893 bits per heavy atom. The normalized spacial score (nSPS) is 16.2. The zero-order valence-electron chi connectivity index (χ0n) is 16.0. The molecule has 0 aromatic heterocycles. The number of hydrogen-bond donors (Lipinski definition) is 0. The number of carbonyl (C=O) groups excluding carboxylic acids is 2. The average Bonchev–Trinajstić information content (AvgIpc) is 3.20. The van der Waals surface area contributed by atoms with E-state index >= 15 is 0 Å². The minimum Gasteiger partial charge on any atom is -0.366 e. The summed E-state index contributed by atoms with van der Waals surface area (Å²) >= 11 is 0. The largest absolute Gasteiger partial charge is 0.366 e. The van der Waals surface area contributed by atoms with Crippen LogP contribution in [-0.4, -0.2) is 42.8 Å². The van der Waals surface area contributed by atoms with Gasteiger partial charge in [-0.25, -0.2) is 4.39 Å². The molecule has 1 aliphatic heterocycles. The van der Waals surface area contributed by atoms with E-state index in [1.807, 2.05) is 23.1 Å². The standard InChI is InChI=1S/C23H25FN2O2/c24-20-6-1-2-7-21(20)25-12-14-26(15-13-25)23(28)11-10-22(27)19-9-8-17-4-3-5-18(17)16-19/h1-2,6-9,16H,3-5,10-15H2. The molecule has 1 heterocycles. The number of anilines is 1. The molecular formula is C23H25FN2O2. The van der Waals surface area contributed by atoms with E-state index in [-0.39, 0.29) is 30.3 Å². The van der Waals surface area contributed by atoms with Crippen LogP contribution >= 0.6 is 0 Å². The summed E-state index contributed by atoms with van der Waals surface area (Å²) in [7, 11) is 0. The van der Waals surface area contributed by atoms with Gasteiger partial charge in [0.1, 0.15) is 5.82 Å². The molecule has 0 N–H and O–H groups in total. The van der Waals surface area contributed by atoms with Gasteiger partial charge in [-0.15, -0.1) is 0 Å². The lowest BCUT2D eigenvalue weighted by Crippen LogP contribution is -2.49. The summed E-state index contributed by atoms with van der Waals surface area (Å²) in [5.41, 5.74) is 3.93. The number of ketones is 1. The number of aryl methyl sites for hydroxylation is 2. The third kappa shape index (κ3) is 3.93. The Labute approximate surface area is 164 Å². The summed E-state index contributed by atoms with van der Waals surface area (Å²) in [6, 6.07) is 12.7. The number of carbonyl (C=O) groups is 2. The lowest BCUT2D eigenvalue weighted by Gasteiger charge is -2.36. The number of piperazine rings is 1. The van der Waals surface area contributed by atoms with E-state index in [2.05, 4.69) is 6.07 Å². The van der Waals surface area contributed by atoms with Crippen molar-refractivity contribution < 1.29 is 14.0 Å². The number of fused-ring (bicyclic) bond motifs is 1. The minimum absolute atomic E-state index is 0.00249.